The minimum Gasteiger partial charge on any atom is -0.490 e. The number of halogens is 2. The molecule has 28 heavy (non-hydrogen) atoms. The molecule has 0 aliphatic rings. The maximum Gasteiger partial charge on any atom is 0.175 e. The summed E-state index contributed by atoms with van der Waals surface area (Å²) in [7, 11) is 0. The second kappa shape index (κ2) is 8.72. The third-order valence-electron chi connectivity index (χ3n) is 3.81. The lowest BCUT2D eigenvalue weighted by molar-refractivity contribution is 0.295. The van der Waals surface area contributed by atoms with Gasteiger partial charge in [0.1, 0.15) is 24.3 Å². The van der Waals surface area contributed by atoms with Crippen LogP contribution in [-0.4, -0.2) is 23.2 Å². The van der Waals surface area contributed by atoms with Crippen LogP contribution in [0.3, 0.4) is 0 Å². The zero-order valence-electron chi connectivity index (χ0n) is 15.1. The summed E-state index contributed by atoms with van der Waals surface area (Å²) in [5, 5.41) is 9.60. The highest BCUT2D eigenvalue weighted by molar-refractivity contribution is 9.10. The lowest BCUT2D eigenvalue weighted by atomic mass is 10.1. The number of imidazole rings is 1. The molecule has 0 saturated heterocycles. The van der Waals surface area contributed by atoms with Gasteiger partial charge in [-0.15, -0.1) is 0 Å². The van der Waals surface area contributed by atoms with E-state index >= 15 is 0 Å². The largest absolute Gasteiger partial charge is 0.490 e. The number of rotatable bonds is 7. The SMILES string of the molecule is C=CCOc1c(Br)cc(/C=C(/C#N)c2nc3ccc(F)cc3[nH]2)cc1OCC. The molecule has 2 aromatic carbocycles. The molecular weight excluding hydrogens is 425 g/mol. The summed E-state index contributed by atoms with van der Waals surface area (Å²) >= 11 is 3.49. The van der Waals surface area contributed by atoms with E-state index in [0.29, 0.717) is 51.6 Å². The van der Waals surface area contributed by atoms with Gasteiger partial charge >= 0.3 is 0 Å². The first-order chi connectivity index (χ1) is 13.5. The van der Waals surface area contributed by atoms with Crippen molar-refractivity contribution in [3.63, 3.8) is 0 Å². The number of hydrogen-bond donors (Lipinski definition) is 1. The highest BCUT2D eigenvalue weighted by Gasteiger charge is 2.13. The van der Waals surface area contributed by atoms with Crippen molar-refractivity contribution < 1.29 is 13.9 Å². The van der Waals surface area contributed by atoms with Crippen LogP contribution >= 0.6 is 15.9 Å². The molecule has 3 aromatic rings. The van der Waals surface area contributed by atoms with E-state index in [2.05, 4.69) is 38.5 Å². The Hall–Kier alpha value is -3.11. The molecule has 0 bridgehead atoms. The van der Waals surface area contributed by atoms with Gasteiger partial charge in [0.25, 0.3) is 0 Å². The average molecular weight is 442 g/mol. The van der Waals surface area contributed by atoms with E-state index in [0.717, 1.165) is 5.56 Å². The van der Waals surface area contributed by atoms with E-state index in [-0.39, 0.29) is 5.82 Å². The summed E-state index contributed by atoms with van der Waals surface area (Å²) in [6.45, 7) is 6.33. The Morgan fingerprint density at radius 3 is 2.89 bits per heavy atom. The molecule has 0 radical (unpaired) electrons. The number of aromatic amines is 1. The molecule has 0 unspecified atom stereocenters. The number of hydrogen-bond acceptors (Lipinski definition) is 4. The summed E-state index contributed by atoms with van der Waals surface area (Å²) in [5.41, 5.74) is 2.15. The summed E-state index contributed by atoms with van der Waals surface area (Å²) in [5.74, 6) is 1.11. The summed E-state index contributed by atoms with van der Waals surface area (Å²) < 4.78 is 25.4. The Kier molecular flexibility index (Phi) is 6.12. The van der Waals surface area contributed by atoms with Crippen molar-refractivity contribution in [3.8, 4) is 17.6 Å². The zero-order chi connectivity index (χ0) is 20.1. The van der Waals surface area contributed by atoms with E-state index in [1.54, 1.807) is 24.3 Å². The summed E-state index contributed by atoms with van der Waals surface area (Å²) in [6.07, 6.45) is 3.33. The first-order valence-corrected chi connectivity index (χ1v) is 9.32. The lowest BCUT2D eigenvalue weighted by Crippen LogP contribution is -2.00. The maximum atomic E-state index is 13.4. The van der Waals surface area contributed by atoms with Gasteiger partial charge in [0.2, 0.25) is 0 Å². The predicted octanol–water partition coefficient (Wildman–Crippen LogP) is 5.49. The number of nitriles is 1. The molecule has 3 rings (SSSR count). The van der Waals surface area contributed by atoms with Gasteiger partial charge in [-0.3, -0.25) is 0 Å². The van der Waals surface area contributed by atoms with E-state index in [1.165, 1.54) is 12.1 Å². The smallest absolute Gasteiger partial charge is 0.175 e. The number of nitrogens with zero attached hydrogens (tertiary/aromatic N) is 2. The van der Waals surface area contributed by atoms with E-state index in [1.807, 2.05) is 13.0 Å². The minimum atomic E-state index is -0.370. The fourth-order valence-corrected chi connectivity index (χ4v) is 3.22. The average Bonchev–Trinajstić information content (AvgIpc) is 3.08. The van der Waals surface area contributed by atoms with Gasteiger partial charge in [-0.25, -0.2) is 9.37 Å². The van der Waals surface area contributed by atoms with Crippen LogP contribution in [0.2, 0.25) is 0 Å². The minimum absolute atomic E-state index is 0.311. The second-order valence-electron chi connectivity index (χ2n) is 5.78. The Balaban J connectivity index is 2.03. The van der Waals surface area contributed by atoms with Crippen LogP contribution in [0.5, 0.6) is 11.5 Å². The van der Waals surface area contributed by atoms with E-state index < -0.39 is 0 Å². The third-order valence-corrected chi connectivity index (χ3v) is 4.40. The molecule has 0 aliphatic carbocycles. The van der Waals surface area contributed by atoms with Crippen molar-refractivity contribution >= 4 is 38.6 Å². The highest BCUT2D eigenvalue weighted by atomic mass is 79.9. The van der Waals surface area contributed by atoms with Gasteiger partial charge in [-0.2, -0.15) is 5.26 Å². The van der Waals surface area contributed by atoms with Crippen LogP contribution < -0.4 is 9.47 Å². The zero-order valence-corrected chi connectivity index (χ0v) is 16.7. The van der Waals surface area contributed by atoms with Crippen LogP contribution in [0.25, 0.3) is 22.7 Å². The lowest BCUT2D eigenvalue weighted by Gasteiger charge is -2.13. The van der Waals surface area contributed by atoms with Crippen molar-refractivity contribution in [1.82, 2.24) is 9.97 Å². The number of H-pyrrole nitrogens is 1. The molecule has 7 heteroatoms. The molecule has 0 spiro atoms. The van der Waals surface area contributed by atoms with Crippen molar-refractivity contribution in [1.29, 1.82) is 5.26 Å². The van der Waals surface area contributed by atoms with Gasteiger partial charge in [0, 0.05) is 0 Å². The number of benzene rings is 2. The maximum absolute atomic E-state index is 13.4. The van der Waals surface area contributed by atoms with Crippen LogP contribution in [-0.2, 0) is 0 Å². The van der Waals surface area contributed by atoms with Crippen LogP contribution in [0.4, 0.5) is 4.39 Å². The fourth-order valence-electron chi connectivity index (χ4n) is 2.65. The normalized spacial score (nSPS) is 11.3. The van der Waals surface area contributed by atoms with Crippen molar-refractivity contribution in [2.24, 2.45) is 0 Å². The summed E-state index contributed by atoms with van der Waals surface area (Å²) in [6, 6.07) is 9.98. The van der Waals surface area contributed by atoms with Gasteiger partial charge in [-0.1, -0.05) is 12.7 Å². The van der Waals surface area contributed by atoms with Crippen LogP contribution in [0.15, 0.2) is 47.5 Å². The molecule has 0 amide bonds. The number of allylic oxidation sites excluding steroid dienone is 1. The summed E-state index contributed by atoms with van der Waals surface area (Å²) in [4.78, 5) is 7.35. The third kappa shape index (κ3) is 4.24. The standard InChI is InChI=1S/C21H17BrFN3O2/c1-3-7-28-20-16(22)9-13(10-19(20)27-4-2)8-14(12-24)21-25-17-6-5-15(23)11-18(17)26-21/h3,5-6,8-11H,1,4,7H2,2H3,(H,25,26)/b14-8-. The quantitative estimate of drug-likeness (QED) is 0.388. The molecule has 0 fully saturated rings. The van der Waals surface area contributed by atoms with Crippen molar-refractivity contribution in [2.45, 2.75) is 6.92 Å². The number of aromatic nitrogens is 2. The van der Waals surface area contributed by atoms with Crippen molar-refractivity contribution in [2.75, 3.05) is 13.2 Å². The Morgan fingerprint density at radius 1 is 1.36 bits per heavy atom. The van der Waals surface area contributed by atoms with Gasteiger partial charge in [0.05, 0.1) is 27.7 Å². The molecule has 1 aromatic heterocycles. The number of ether oxygens (including phenoxy) is 2. The first kappa shape index (κ1) is 19.6. The van der Waals surface area contributed by atoms with Gasteiger partial charge < -0.3 is 14.5 Å². The molecule has 142 valence electrons. The Labute approximate surface area is 170 Å². The van der Waals surface area contributed by atoms with Gasteiger partial charge in [-0.05, 0) is 64.8 Å². The monoisotopic (exact) mass is 441 g/mol. The van der Waals surface area contributed by atoms with Crippen LogP contribution in [0.1, 0.15) is 18.3 Å². The number of fused-ring (bicyclic) bond motifs is 1. The highest BCUT2D eigenvalue weighted by Crippen LogP contribution is 2.38. The van der Waals surface area contributed by atoms with Crippen LogP contribution in [0, 0.1) is 17.1 Å². The predicted molar refractivity (Wildman–Crippen MR) is 111 cm³/mol. The molecule has 1 heterocycles. The molecule has 0 atom stereocenters. The second-order valence-corrected chi connectivity index (χ2v) is 6.63. The van der Waals surface area contributed by atoms with Crippen molar-refractivity contribution in [3.05, 3.63) is 64.7 Å². The number of nitrogens with one attached hydrogen (secondary N) is 1. The first-order valence-electron chi connectivity index (χ1n) is 8.53. The molecule has 1 N–H and O–H groups in total. The molecule has 0 saturated carbocycles. The Morgan fingerprint density at radius 2 is 2.18 bits per heavy atom. The molecule has 0 aliphatic heterocycles. The topological polar surface area (TPSA) is 70.9 Å². The van der Waals surface area contributed by atoms with E-state index in [9.17, 15) is 9.65 Å². The molecular formula is C21H17BrFN3O2. The van der Waals surface area contributed by atoms with Gasteiger partial charge in [0.15, 0.2) is 11.5 Å². The Bertz CT molecular complexity index is 1100. The molecule has 5 nitrogen and oxygen atoms in total. The fraction of sp³-hybridized carbons (Fsp3) is 0.143. The van der Waals surface area contributed by atoms with E-state index in [4.69, 9.17) is 9.47 Å².